The van der Waals surface area contributed by atoms with Crippen LogP contribution in [0.3, 0.4) is 0 Å². The van der Waals surface area contributed by atoms with E-state index in [0.29, 0.717) is 6.42 Å². The molecule has 0 amide bonds. The number of aliphatic hydroxyl groups is 1. The number of aliphatic hydroxyl groups excluding tert-OH is 1. The molecule has 1 atom stereocenters. The molecular weight excluding hydrogens is 331 g/mol. The van der Waals surface area contributed by atoms with Gasteiger partial charge < -0.3 is 5.11 Å². The number of hydrogen-bond donors (Lipinski definition) is 1. The summed E-state index contributed by atoms with van der Waals surface area (Å²) in [5.74, 6) is -0.287. The lowest BCUT2D eigenvalue weighted by atomic mass is 9.81. The zero-order valence-electron chi connectivity index (χ0n) is 12.5. The van der Waals surface area contributed by atoms with E-state index in [9.17, 15) is 9.50 Å². The third-order valence-corrected chi connectivity index (χ3v) is 4.32. The van der Waals surface area contributed by atoms with Crippen LogP contribution in [0.25, 0.3) is 0 Å². The van der Waals surface area contributed by atoms with Crippen LogP contribution in [0, 0.1) is 5.82 Å². The number of hydrogen-bond acceptors (Lipinski definition) is 1. The average molecular weight is 351 g/mol. The fraction of sp³-hybridized carbons (Fsp3) is 0.333. The Bertz CT molecular complexity index is 631. The van der Waals surface area contributed by atoms with Crippen molar-refractivity contribution < 1.29 is 9.50 Å². The maximum absolute atomic E-state index is 13.4. The molecule has 0 spiro atoms. The van der Waals surface area contributed by atoms with Crippen molar-refractivity contribution in [3.8, 4) is 0 Å². The summed E-state index contributed by atoms with van der Waals surface area (Å²) >= 11 is 3.41. The van der Waals surface area contributed by atoms with Gasteiger partial charge in [-0.15, -0.1) is 0 Å². The summed E-state index contributed by atoms with van der Waals surface area (Å²) in [4.78, 5) is 0. The zero-order valence-corrected chi connectivity index (χ0v) is 14.1. The molecule has 0 fully saturated rings. The predicted octanol–water partition coefficient (Wildman–Crippen LogP) is 5.16. The smallest absolute Gasteiger partial charge is 0.123 e. The number of rotatable bonds is 3. The fourth-order valence-corrected chi connectivity index (χ4v) is 2.90. The Labute approximate surface area is 134 Å². The van der Waals surface area contributed by atoms with E-state index < -0.39 is 6.10 Å². The van der Waals surface area contributed by atoms with Gasteiger partial charge in [0.2, 0.25) is 0 Å². The maximum atomic E-state index is 13.4. The first-order valence-corrected chi connectivity index (χ1v) is 7.80. The monoisotopic (exact) mass is 350 g/mol. The largest absolute Gasteiger partial charge is 0.388 e. The van der Waals surface area contributed by atoms with Crippen LogP contribution < -0.4 is 0 Å². The minimum absolute atomic E-state index is 0.0449. The lowest BCUT2D eigenvalue weighted by Gasteiger charge is -2.25. The van der Waals surface area contributed by atoms with Gasteiger partial charge in [-0.25, -0.2) is 4.39 Å². The molecule has 0 aliphatic carbocycles. The highest BCUT2D eigenvalue weighted by molar-refractivity contribution is 9.10. The Hall–Kier alpha value is -1.19. The molecular formula is C18H20BrFO. The highest BCUT2D eigenvalue weighted by atomic mass is 79.9. The van der Waals surface area contributed by atoms with E-state index in [1.165, 1.54) is 12.1 Å². The van der Waals surface area contributed by atoms with Gasteiger partial charge in [-0.3, -0.25) is 0 Å². The minimum atomic E-state index is -0.654. The molecule has 0 aliphatic heterocycles. The molecule has 0 bridgehead atoms. The van der Waals surface area contributed by atoms with Crippen LogP contribution in [-0.2, 0) is 11.8 Å². The van der Waals surface area contributed by atoms with E-state index in [1.54, 1.807) is 6.07 Å². The maximum Gasteiger partial charge on any atom is 0.123 e. The SMILES string of the molecule is CC(C)(C)c1ccccc1C(O)Cc1cc(F)ccc1Br. The normalized spacial score (nSPS) is 13.2. The number of benzene rings is 2. The van der Waals surface area contributed by atoms with Crippen molar-refractivity contribution in [2.24, 2.45) is 0 Å². The molecule has 0 aliphatic rings. The van der Waals surface area contributed by atoms with Gasteiger partial charge in [0.1, 0.15) is 5.82 Å². The molecule has 1 unspecified atom stereocenters. The van der Waals surface area contributed by atoms with Crippen LogP contribution in [0.1, 0.15) is 43.6 Å². The third kappa shape index (κ3) is 3.92. The molecule has 0 saturated carbocycles. The molecule has 21 heavy (non-hydrogen) atoms. The zero-order chi connectivity index (χ0) is 15.6. The van der Waals surface area contributed by atoms with Gasteiger partial charge in [0.25, 0.3) is 0 Å². The quantitative estimate of drug-likeness (QED) is 0.810. The van der Waals surface area contributed by atoms with Crippen LogP contribution in [0.15, 0.2) is 46.9 Å². The van der Waals surface area contributed by atoms with Crippen molar-refractivity contribution in [1.29, 1.82) is 0 Å². The molecule has 112 valence electrons. The second-order valence-electron chi connectivity index (χ2n) is 6.29. The highest BCUT2D eigenvalue weighted by Crippen LogP contribution is 2.32. The van der Waals surface area contributed by atoms with E-state index in [0.717, 1.165) is 21.2 Å². The Morgan fingerprint density at radius 2 is 1.81 bits per heavy atom. The van der Waals surface area contributed by atoms with Crippen molar-refractivity contribution in [2.45, 2.75) is 38.7 Å². The first kappa shape index (κ1) is 16.2. The molecule has 2 aromatic carbocycles. The van der Waals surface area contributed by atoms with Crippen LogP contribution in [-0.4, -0.2) is 5.11 Å². The van der Waals surface area contributed by atoms with E-state index in [-0.39, 0.29) is 11.2 Å². The second-order valence-corrected chi connectivity index (χ2v) is 7.15. The van der Waals surface area contributed by atoms with Crippen molar-refractivity contribution in [3.05, 3.63) is 69.4 Å². The average Bonchev–Trinajstić information content (AvgIpc) is 2.42. The lowest BCUT2D eigenvalue weighted by molar-refractivity contribution is 0.175. The standard InChI is InChI=1S/C18H20BrFO/c1-18(2,3)15-7-5-4-6-14(15)17(21)11-12-10-13(20)8-9-16(12)19/h4-10,17,21H,11H2,1-3H3. The van der Waals surface area contributed by atoms with E-state index in [2.05, 4.69) is 36.7 Å². The number of halogens is 2. The van der Waals surface area contributed by atoms with Gasteiger partial charge in [0.15, 0.2) is 0 Å². The topological polar surface area (TPSA) is 20.2 Å². The molecule has 0 heterocycles. The first-order chi connectivity index (χ1) is 9.79. The van der Waals surface area contributed by atoms with Crippen molar-refractivity contribution >= 4 is 15.9 Å². The molecule has 2 rings (SSSR count). The predicted molar refractivity (Wildman–Crippen MR) is 87.9 cm³/mol. The Morgan fingerprint density at radius 1 is 1.14 bits per heavy atom. The summed E-state index contributed by atoms with van der Waals surface area (Å²) < 4.78 is 14.2. The molecule has 3 heteroatoms. The fourth-order valence-electron chi connectivity index (χ4n) is 2.49. The molecule has 0 radical (unpaired) electrons. The van der Waals surface area contributed by atoms with E-state index >= 15 is 0 Å². The lowest BCUT2D eigenvalue weighted by Crippen LogP contribution is -2.17. The van der Waals surface area contributed by atoms with Crippen molar-refractivity contribution in [3.63, 3.8) is 0 Å². The van der Waals surface area contributed by atoms with Crippen LogP contribution in [0.2, 0.25) is 0 Å². The van der Waals surface area contributed by atoms with Crippen molar-refractivity contribution in [1.82, 2.24) is 0 Å². The first-order valence-electron chi connectivity index (χ1n) is 7.00. The van der Waals surface area contributed by atoms with Crippen LogP contribution >= 0.6 is 15.9 Å². The summed E-state index contributed by atoms with van der Waals surface area (Å²) in [6.45, 7) is 6.37. The Balaban J connectivity index is 2.33. The Morgan fingerprint density at radius 3 is 2.48 bits per heavy atom. The summed E-state index contributed by atoms with van der Waals surface area (Å²) in [7, 11) is 0. The van der Waals surface area contributed by atoms with Gasteiger partial charge in [-0.05, 0) is 40.3 Å². The molecule has 2 aromatic rings. The third-order valence-electron chi connectivity index (χ3n) is 3.55. The van der Waals surface area contributed by atoms with Gasteiger partial charge >= 0.3 is 0 Å². The molecule has 1 nitrogen and oxygen atoms in total. The van der Waals surface area contributed by atoms with Gasteiger partial charge in [0.05, 0.1) is 6.10 Å². The van der Waals surface area contributed by atoms with Crippen molar-refractivity contribution in [2.75, 3.05) is 0 Å². The summed E-state index contributed by atoms with van der Waals surface area (Å²) in [6, 6.07) is 12.4. The van der Waals surface area contributed by atoms with Crippen LogP contribution in [0.4, 0.5) is 4.39 Å². The van der Waals surface area contributed by atoms with E-state index in [4.69, 9.17) is 0 Å². The molecule has 0 saturated heterocycles. The highest BCUT2D eigenvalue weighted by Gasteiger charge is 2.22. The van der Waals surface area contributed by atoms with E-state index in [1.807, 2.05) is 24.3 Å². The van der Waals surface area contributed by atoms with Gasteiger partial charge in [0, 0.05) is 10.9 Å². The Kier molecular flexibility index (Phi) is 4.84. The van der Waals surface area contributed by atoms with Gasteiger partial charge in [-0.1, -0.05) is 61.0 Å². The summed E-state index contributed by atoms with van der Waals surface area (Å²) in [5, 5.41) is 10.6. The minimum Gasteiger partial charge on any atom is -0.388 e. The molecule has 0 aromatic heterocycles. The second kappa shape index (κ2) is 6.29. The van der Waals surface area contributed by atoms with Crippen LogP contribution in [0.5, 0.6) is 0 Å². The van der Waals surface area contributed by atoms with Gasteiger partial charge in [-0.2, -0.15) is 0 Å². The summed E-state index contributed by atoms with van der Waals surface area (Å²) in [5.41, 5.74) is 2.74. The molecule has 1 N–H and O–H groups in total. The summed E-state index contributed by atoms with van der Waals surface area (Å²) in [6.07, 6.45) is -0.274.